The van der Waals surface area contributed by atoms with Crippen LogP contribution in [-0.4, -0.2) is 19.0 Å². The number of carbonyl (C=O) groups is 1. The smallest absolute Gasteiger partial charge is 0.251 e. The van der Waals surface area contributed by atoms with Crippen LogP contribution < -0.4 is 10.6 Å². The minimum atomic E-state index is -0.0386. The van der Waals surface area contributed by atoms with Crippen molar-refractivity contribution in [2.75, 3.05) is 7.05 Å². The number of nitrogens with one attached hydrogen (secondary N) is 2. The van der Waals surface area contributed by atoms with Gasteiger partial charge in [0.2, 0.25) is 0 Å². The molecule has 0 aromatic heterocycles. The van der Waals surface area contributed by atoms with Gasteiger partial charge in [-0.3, -0.25) is 4.79 Å². The van der Waals surface area contributed by atoms with E-state index in [1.165, 1.54) is 11.1 Å². The molecule has 0 spiro atoms. The van der Waals surface area contributed by atoms with Gasteiger partial charge >= 0.3 is 0 Å². The van der Waals surface area contributed by atoms with Gasteiger partial charge in [0.25, 0.3) is 5.91 Å². The Bertz CT molecular complexity index is 607. The molecule has 0 bridgehead atoms. The molecule has 23 heavy (non-hydrogen) atoms. The Kier molecular flexibility index (Phi) is 6.36. The monoisotopic (exact) mass is 310 g/mol. The standard InChI is InChI=1S/C20H26N2O/c1-15(22-16(2)18-7-5-4-6-8-18)9-10-17-11-13-19(14-12-17)20(23)21-3/h4-8,11-16,22H,9-10H2,1-3H3,(H,21,23)/t15-,16-/m0/s1. The van der Waals surface area contributed by atoms with Crippen molar-refractivity contribution < 1.29 is 4.79 Å². The number of hydrogen-bond acceptors (Lipinski definition) is 2. The van der Waals surface area contributed by atoms with Crippen molar-refractivity contribution in [2.24, 2.45) is 0 Å². The first-order chi connectivity index (χ1) is 11.1. The Morgan fingerprint density at radius 3 is 2.26 bits per heavy atom. The zero-order chi connectivity index (χ0) is 16.7. The minimum absolute atomic E-state index is 0.0386. The minimum Gasteiger partial charge on any atom is -0.355 e. The zero-order valence-electron chi connectivity index (χ0n) is 14.2. The van der Waals surface area contributed by atoms with Crippen molar-refractivity contribution in [3.8, 4) is 0 Å². The van der Waals surface area contributed by atoms with E-state index in [-0.39, 0.29) is 5.91 Å². The van der Waals surface area contributed by atoms with E-state index in [1.807, 2.05) is 30.3 Å². The summed E-state index contributed by atoms with van der Waals surface area (Å²) in [5, 5.41) is 6.28. The lowest BCUT2D eigenvalue weighted by atomic mass is 10.0. The molecule has 1 amide bonds. The van der Waals surface area contributed by atoms with Crippen LogP contribution in [0.15, 0.2) is 54.6 Å². The van der Waals surface area contributed by atoms with Crippen molar-refractivity contribution in [3.05, 3.63) is 71.3 Å². The number of benzene rings is 2. The summed E-state index contributed by atoms with van der Waals surface area (Å²) < 4.78 is 0. The molecule has 0 unspecified atom stereocenters. The average Bonchev–Trinajstić information content (AvgIpc) is 2.60. The molecular weight excluding hydrogens is 284 g/mol. The van der Waals surface area contributed by atoms with E-state index in [0.717, 1.165) is 12.8 Å². The quantitative estimate of drug-likeness (QED) is 0.818. The fourth-order valence-corrected chi connectivity index (χ4v) is 2.70. The molecule has 2 aromatic rings. The molecule has 2 atom stereocenters. The van der Waals surface area contributed by atoms with Crippen LogP contribution in [0.4, 0.5) is 0 Å². The van der Waals surface area contributed by atoms with Crippen LogP contribution in [0.3, 0.4) is 0 Å². The second-order valence-electron chi connectivity index (χ2n) is 6.01. The van der Waals surface area contributed by atoms with Crippen molar-refractivity contribution >= 4 is 5.91 Å². The van der Waals surface area contributed by atoms with Crippen LogP contribution in [0.2, 0.25) is 0 Å². The first-order valence-corrected chi connectivity index (χ1v) is 8.22. The highest BCUT2D eigenvalue weighted by molar-refractivity contribution is 5.93. The number of amides is 1. The van der Waals surface area contributed by atoms with E-state index in [4.69, 9.17) is 0 Å². The van der Waals surface area contributed by atoms with Crippen molar-refractivity contribution in [1.82, 2.24) is 10.6 Å². The maximum absolute atomic E-state index is 11.5. The predicted molar refractivity (Wildman–Crippen MR) is 95.6 cm³/mol. The van der Waals surface area contributed by atoms with Gasteiger partial charge in [0.05, 0.1) is 0 Å². The van der Waals surface area contributed by atoms with Gasteiger partial charge in [-0.2, -0.15) is 0 Å². The summed E-state index contributed by atoms with van der Waals surface area (Å²) in [5.41, 5.74) is 3.29. The lowest BCUT2D eigenvalue weighted by molar-refractivity contribution is 0.0963. The van der Waals surface area contributed by atoms with Crippen LogP contribution in [0.5, 0.6) is 0 Å². The predicted octanol–water partition coefficient (Wildman–Crippen LogP) is 3.72. The van der Waals surface area contributed by atoms with E-state index < -0.39 is 0 Å². The van der Waals surface area contributed by atoms with Gasteiger partial charge in [0.15, 0.2) is 0 Å². The summed E-state index contributed by atoms with van der Waals surface area (Å²) >= 11 is 0. The van der Waals surface area contributed by atoms with Crippen LogP contribution >= 0.6 is 0 Å². The molecule has 0 saturated carbocycles. The lowest BCUT2D eigenvalue weighted by Crippen LogP contribution is -2.29. The van der Waals surface area contributed by atoms with E-state index in [0.29, 0.717) is 17.6 Å². The van der Waals surface area contributed by atoms with Crippen molar-refractivity contribution in [3.63, 3.8) is 0 Å². The summed E-state index contributed by atoms with van der Waals surface area (Å²) in [7, 11) is 1.65. The zero-order valence-corrected chi connectivity index (χ0v) is 14.2. The lowest BCUT2D eigenvalue weighted by Gasteiger charge is -2.20. The van der Waals surface area contributed by atoms with Crippen molar-refractivity contribution in [2.45, 2.75) is 38.8 Å². The molecule has 2 aromatic carbocycles. The highest BCUT2D eigenvalue weighted by atomic mass is 16.1. The third kappa shape index (κ3) is 5.22. The fraction of sp³-hybridized carbons (Fsp3) is 0.350. The molecule has 122 valence electrons. The summed E-state index contributed by atoms with van der Waals surface area (Å²) in [6, 6.07) is 19.1. The Hall–Kier alpha value is -2.13. The summed E-state index contributed by atoms with van der Waals surface area (Å²) in [4.78, 5) is 11.5. The largest absolute Gasteiger partial charge is 0.355 e. The highest BCUT2D eigenvalue weighted by Crippen LogP contribution is 2.14. The molecule has 0 aliphatic heterocycles. The summed E-state index contributed by atoms with van der Waals surface area (Å²) in [6.45, 7) is 4.42. The van der Waals surface area contributed by atoms with Crippen molar-refractivity contribution in [1.29, 1.82) is 0 Å². The van der Waals surface area contributed by atoms with E-state index >= 15 is 0 Å². The van der Waals surface area contributed by atoms with Gasteiger partial charge in [0.1, 0.15) is 0 Å². The van der Waals surface area contributed by atoms with Gasteiger partial charge < -0.3 is 10.6 Å². The maximum Gasteiger partial charge on any atom is 0.251 e. The van der Waals surface area contributed by atoms with Crippen LogP contribution in [0.25, 0.3) is 0 Å². The average molecular weight is 310 g/mol. The Morgan fingerprint density at radius 1 is 1.00 bits per heavy atom. The molecule has 0 saturated heterocycles. The normalized spacial score (nSPS) is 13.3. The molecule has 0 aliphatic carbocycles. The molecule has 3 heteroatoms. The molecular formula is C20H26N2O. The van der Waals surface area contributed by atoms with Gasteiger partial charge in [-0.1, -0.05) is 42.5 Å². The number of carbonyl (C=O) groups excluding carboxylic acids is 1. The summed E-state index contributed by atoms with van der Waals surface area (Å²) in [5.74, 6) is -0.0386. The van der Waals surface area contributed by atoms with Crippen LogP contribution in [0.1, 0.15) is 47.8 Å². The Labute approximate surface area is 139 Å². The second kappa shape index (κ2) is 8.49. The first-order valence-electron chi connectivity index (χ1n) is 8.22. The fourth-order valence-electron chi connectivity index (χ4n) is 2.70. The third-order valence-corrected chi connectivity index (χ3v) is 4.14. The van der Waals surface area contributed by atoms with Crippen LogP contribution in [-0.2, 0) is 6.42 Å². The molecule has 3 nitrogen and oxygen atoms in total. The van der Waals surface area contributed by atoms with Crippen LogP contribution in [0, 0.1) is 0 Å². The molecule has 2 N–H and O–H groups in total. The SMILES string of the molecule is CNC(=O)c1ccc(CC[C@H](C)N[C@@H](C)c2ccccc2)cc1. The molecule has 0 aliphatic rings. The molecule has 0 radical (unpaired) electrons. The third-order valence-electron chi connectivity index (χ3n) is 4.14. The second-order valence-corrected chi connectivity index (χ2v) is 6.01. The van der Waals surface area contributed by atoms with E-state index in [2.05, 4.69) is 48.7 Å². The summed E-state index contributed by atoms with van der Waals surface area (Å²) in [6.07, 6.45) is 2.07. The van der Waals surface area contributed by atoms with Gasteiger partial charge in [0, 0.05) is 24.7 Å². The number of rotatable bonds is 7. The maximum atomic E-state index is 11.5. The van der Waals surface area contributed by atoms with E-state index in [9.17, 15) is 4.79 Å². The molecule has 2 rings (SSSR count). The van der Waals surface area contributed by atoms with Gasteiger partial charge in [-0.05, 0) is 49.9 Å². The number of aryl methyl sites for hydroxylation is 1. The first kappa shape index (κ1) is 17.2. The Balaban J connectivity index is 1.82. The van der Waals surface area contributed by atoms with Gasteiger partial charge in [-0.25, -0.2) is 0 Å². The molecule has 0 heterocycles. The highest BCUT2D eigenvalue weighted by Gasteiger charge is 2.09. The number of hydrogen-bond donors (Lipinski definition) is 2. The van der Waals surface area contributed by atoms with Gasteiger partial charge in [-0.15, -0.1) is 0 Å². The topological polar surface area (TPSA) is 41.1 Å². The van der Waals surface area contributed by atoms with E-state index in [1.54, 1.807) is 7.05 Å². The Morgan fingerprint density at radius 2 is 1.65 bits per heavy atom. The molecule has 0 fully saturated rings.